The van der Waals surface area contributed by atoms with Crippen LogP contribution in [0.15, 0.2) is 42.7 Å². The van der Waals surface area contributed by atoms with Gasteiger partial charge in [0.2, 0.25) is 0 Å². The van der Waals surface area contributed by atoms with Gasteiger partial charge in [0, 0.05) is 25.2 Å². The molecule has 0 unspecified atom stereocenters. The van der Waals surface area contributed by atoms with Crippen LogP contribution in [0.3, 0.4) is 0 Å². The van der Waals surface area contributed by atoms with Gasteiger partial charge in [-0.1, -0.05) is 18.2 Å². The Morgan fingerprint density at radius 3 is 2.74 bits per heavy atom. The van der Waals surface area contributed by atoms with Gasteiger partial charge in [-0.25, -0.2) is 4.68 Å². The number of benzene rings is 1. The number of halogens is 1. The summed E-state index contributed by atoms with van der Waals surface area (Å²) in [6.07, 6.45) is 3.33. The van der Waals surface area contributed by atoms with Crippen LogP contribution in [0.1, 0.15) is 17.3 Å². The Labute approximate surface area is 117 Å². The summed E-state index contributed by atoms with van der Waals surface area (Å²) >= 11 is 5.69. The number of nitrogens with zero attached hydrogens (tertiary/aromatic N) is 3. The minimum Gasteiger partial charge on any atom is -0.338 e. The van der Waals surface area contributed by atoms with Gasteiger partial charge in [0.25, 0.3) is 5.91 Å². The lowest BCUT2D eigenvalue weighted by molar-refractivity contribution is 0.0774. The number of rotatable bonds is 5. The predicted molar refractivity (Wildman–Crippen MR) is 75.9 cm³/mol. The highest BCUT2D eigenvalue weighted by Gasteiger charge is 2.15. The summed E-state index contributed by atoms with van der Waals surface area (Å²) < 4.78 is 1.70. The maximum Gasteiger partial charge on any atom is 0.257 e. The summed E-state index contributed by atoms with van der Waals surface area (Å²) in [4.78, 5) is 13.9. The molecule has 2 aromatic rings. The summed E-state index contributed by atoms with van der Waals surface area (Å²) in [5.74, 6) is 0.400. The molecule has 1 amide bonds. The third-order valence-corrected chi connectivity index (χ3v) is 3.04. The molecule has 0 radical (unpaired) electrons. The highest BCUT2D eigenvalue weighted by Crippen LogP contribution is 2.09. The van der Waals surface area contributed by atoms with Crippen LogP contribution in [0.5, 0.6) is 0 Å². The summed E-state index contributed by atoms with van der Waals surface area (Å²) in [5.41, 5.74) is 1.51. The van der Waals surface area contributed by atoms with Crippen molar-refractivity contribution in [1.82, 2.24) is 14.7 Å². The average Bonchev–Trinajstić information content (AvgIpc) is 2.95. The Kier molecular flexibility index (Phi) is 4.58. The Morgan fingerprint density at radius 2 is 2.11 bits per heavy atom. The van der Waals surface area contributed by atoms with Crippen LogP contribution in [0.2, 0.25) is 0 Å². The fourth-order valence-electron chi connectivity index (χ4n) is 1.84. The number of carbonyl (C=O) groups excluding carboxylic acids is 1. The van der Waals surface area contributed by atoms with E-state index in [0.29, 0.717) is 24.5 Å². The van der Waals surface area contributed by atoms with E-state index in [9.17, 15) is 4.79 Å². The van der Waals surface area contributed by atoms with Crippen molar-refractivity contribution in [2.75, 3.05) is 19.0 Å². The molecule has 0 saturated carbocycles. The van der Waals surface area contributed by atoms with Gasteiger partial charge in [0.15, 0.2) is 0 Å². The van der Waals surface area contributed by atoms with Crippen molar-refractivity contribution >= 4 is 17.5 Å². The Hall–Kier alpha value is -1.81. The Bertz CT molecular complexity index is 539. The fourth-order valence-corrected chi connectivity index (χ4v) is 2.05. The first kappa shape index (κ1) is 13.6. The third-order valence-electron chi connectivity index (χ3n) is 2.87. The molecule has 0 aliphatic carbocycles. The summed E-state index contributed by atoms with van der Waals surface area (Å²) in [7, 11) is 0. The first-order chi connectivity index (χ1) is 9.26. The second kappa shape index (κ2) is 6.38. The number of para-hydroxylation sites is 1. The molecule has 2 rings (SSSR count). The van der Waals surface area contributed by atoms with Gasteiger partial charge in [-0.05, 0) is 19.1 Å². The topological polar surface area (TPSA) is 38.1 Å². The fraction of sp³-hybridized carbons (Fsp3) is 0.286. The van der Waals surface area contributed by atoms with Crippen LogP contribution in [0, 0.1) is 0 Å². The number of aromatic nitrogens is 2. The van der Waals surface area contributed by atoms with Crippen LogP contribution < -0.4 is 0 Å². The molecule has 0 fully saturated rings. The quantitative estimate of drug-likeness (QED) is 0.788. The van der Waals surface area contributed by atoms with Crippen LogP contribution in [0.4, 0.5) is 0 Å². The van der Waals surface area contributed by atoms with Gasteiger partial charge in [0.1, 0.15) is 0 Å². The van der Waals surface area contributed by atoms with Crippen LogP contribution in [0.25, 0.3) is 5.69 Å². The molecule has 0 atom stereocenters. The zero-order valence-corrected chi connectivity index (χ0v) is 11.5. The number of carbonyl (C=O) groups is 1. The maximum absolute atomic E-state index is 12.2. The molecule has 1 aromatic carbocycles. The van der Waals surface area contributed by atoms with Gasteiger partial charge in [0.05, 0.1) is 17.4 Å². The van der Waals surface area contributed by atoms with Crippen molar-refractivity contribution < 1.29 is 4.79 Å². The number of hydrogen-bond donors (Lipinski definition) is 0. The molecule has 19 heavy (non-hydrogen) atoms. The SMILES string of the molecule is CCN(CCCl)C(=O)c1cnn(-c2ccccc2)c1. The smallest absolute Gasteiger partial charge is 0.257 e. The molecule has 0 N–H and O–H groups in total. The molecule has 0 aliphatic rings. The molecule has 0 spiro atoms. The normalized spacial score (nSPS) is 10.4. The standard InChI is InChI=1S/C14H16ClN3O/c1-2-17(9-8-15)14(19)12-10-16-18(11-12)13-6-4-3-5-7-13/h3-7,10-11H,2,8-9H2,1H3. The molecule has 1 aromatic heterocycles. The molecule has 0 bridgehead atoms. The molecule has 5 heteroatoms. The largest absolute Gasteiger partial charge is 0.338 e. The minimum atomic E-state index is -0.0367. The maximum atomic E-state index is 12.2. The average molecular weight is 278 g/mol. The monoisotopic (exact) mass is 277 g/mol. The number of amides is 1. The van der Waals surface area contributed by atoms with E-state index >= 15 is 0 Å². The highest BCUT2D eigenvalue weighted by molar-refractivity contribution is 6.18. The van der Waals surface area contributed by atoms with Crippen molar-refractivity contribution in [2.24, 2.45) is 0 Å². The van der Waals surface area contributed by atoms with Gasteiger partial charge >= 0.3 is 0 Å². The van der Waals surface area contributed by atoms with Crippen LogP contribution in [-0.2, 0) is 0 Å². The van der Waals surface area contributed by atoms with Crippen LogP contribution >= 0.6 is 11.6 Å². The van der Waals surface area contributed by atoms with E-state index in [0.717, 1.165) is 5.69 Å². The van der Waals surface area contributed by atoms with Crippen molar-refractivity contribution in [3.8, 4) is 5.69 Å². The third kappa shape index (κ3) is 3.15. The predicted octanol–water partition coefficient (Wildman–Crippen LogP) is 2.57. The summed E-state index contributed by atoms with van der Waals surface area (Å²) in [6, 6.07) is 9.70. The molecule has 100 valence electrons. The lowest BCUT2D eigenvalue weighted by atomic mass is 10.3. The van der Waals surface area contributed by atoms with E-state index in [1.54, 1.807) is 22.0 Å². The molecular formula is C14H16ClN3O. The van der Waals surface area contributed by atoms with Crippen molar-refractivity contribution in [2.45, 2.75) is 6.92 Å². The second-order valence-electron chi connectivity index (χ2n) is 4.08. The Balaban J connectivity index is 2.19. The number of hydrogen-bond acceptors (Lipinski definition) is 2. The van der Waals surface area contributed by atoms with E-state index in [1.807, 2.05) is 37.3 Å². The Morgan fingerprint density at radius 1 is 1.37 bits per heavy atom. The molecular weight excluding hydrogens is 262 g/mol. The molecule has 0 saturated heterocycles. The summed E-state index contributed by atoms with van der Waals surface area (Å²) in [6.45, 7) is 3.13. The summed E-state index contributed by atoms with van der Waals surface area (Å²) in [5, 5.41) is 4.22. The van der Waals surface area contributed by atoms with Crippen molar-refractivity contribution in [3.05, 3.63) is 48.3 Å². The van der Waals surface area contributed by atoms with E-state index in [1.165, 1.54) is 0 Å². The second-order valence-corrected chi connectivity index (χ2v) is 4.46. The van der Waals surface area contributed by atoms with Gasteiger partial charge < -0.3 is 4.90 Å². The van der Waals surface area contributed by atoms with Crippen LogP contribution in [-0.4, -0.2) is 39.6 Å². The van der Waals surface area contributed by atoms with Crippen molar-refractivity contribution in [3.63, 3.8) is 0 Å². The molecule has 0 aliphatic heterocycles. The molecule has 1 heterocycles. The first-order valence-corrected chi connectivity index (χ1v) is 6.75. The lowest BCUT2D eigenvalue weighted by Crippen LogP contribution is -2.32. The lowest BCUT2D eigenvalue weighted by Gasteiger charge is -2.18. The van der Waals surface area contributed by atoms with E-state index < -0.39 is 0 Å². The zero-order chi connectivity index (χ0) is 13.7. The van der Waals surface area contributed by atoms with E-state index in [4.69, 9.17) is 11.6 Å². The van der Waals surface area contributed by atoms with Gasteiger partial charge in [-0.2, -0.15) is 5.10 Å². The minimum absolute atomic E-state index is 0.0367. The van der Waals surface area contributed by atoms with E-state index in [2.05, 4.69) is 5.10 Å². The molecule has 4 nitrogen and oxygen atoms in total. The van der Waals surface area contributed by atoms with Gasteiger partial charge in [-0.3, -0.25) is 4.79 Å². The first-order valence-electron chi connectivity index (χ1n) is 6.21. The van der Waals surface area contributed by atoms with Crippen molar-refractivity contribution in [1.29, 1.82) is 0 Å². The zero-order valence-electron chi connectivity index (χ0n) is 10.8. The van der Waals surface area contributed by atoms with E-state index in [-0.39, 0.29) is 5.91 Å². The highest BCUT2D eigenvalue weighted by atomic mass is 35.5. The number of alkyl halides is 1. The van der Waals surface area contributed by atoms with Gasteiger partial charge in [-0.15, -0.1) is 11.6 Å².